The Morgan fingerprint density at radius 2 is 2.08 bits per heavy atom. The predicted octanol–water partition coefficient (Wildman–Crippen LogP) is 2.73. The summed E-state index contributed by atoms with van der Waals surface area (Å²) in [6, 6.07) is 0. The van der Waals surface area contributed by atoms with Gasteiger partial charge < -0.3 is 15.0 Å². The van der Waals surface area contributed by atoms with E-state index in [1.54, 1.807) is 11.9 Å². The summed E-state index contributed by atoms with van der Waals surface area (Å²) in [5, 5.41) is 7.68. The zero-order valence-corrected chi connectivity index (χ0v) is 16.5. The van der Waals surface area contributed by atoms with Crippen molar-refractivity contribution in [2.45, 2.75) is 20.3 Å². The van der Waals surface area contributed by atoms with Crippen LogP contribution in [-0.4, -0.2) is 52.8 Å². The molecule has 26 heavy (non-hydrogen) atoms. The number of carbonyl (C=O) groups excluding carboxylic acids is 2. The quantitative estimate of drug-likeness (QED) is 0.862. The first kappa shape index (κ1) is 18.9. The molecule has 1 saturated heterocycles. The minimum absolute atomic E-state index is 0.0686. The first-order valence-corrected chi connectivity index (χ1v) is 9.61. The monoisotopic (exact) mass is 396 g/mol. The number of rotatable bonds is 4. The molecule has 9 heteroatoms. The fourth-order valence-electron chi connectivity index (χ4n) is 3.07. The number of hydrogen-bond acceptors (Lipinski definition) is 5. The molecule has 140 valence electrons. The summed E-state index contributed by atoms with van der Waals surface area (Å²) in [4.78, 5) is 28.6. The second-order valence-electron chi connectivity index (χ2n) is 6.02. The number of thiophene rings is 1. The third-order valence-electron chi connectivity index (χ3n) is 4.41. The van der Waals surface area contributed by atoms with Gasteiger partial charge in [0.1, 0.15) is 10.7 Å². The molecule has 7 nitrogen and oxygen atoms in total. The van der Waals surface area contributed by atoms with E-state index in [1.807, 2.05) is 13.8 Å². The Morgan fingerprint density at radius 1 is 1.38 bits per heavy atom. The van der Waals surface area contributed by atoms with Crippen molar-refractivity contribution < 1.29 is 14.3 Å². The van der Waals surface area contributed by atoms with Gasteiger partial charge in [-0.3, -0.25) is 14.3 Å². The van der Waals surface area contributed by atoms with E-state index in [4.69, 9.17) is 16.3 Å². The van der Waals surface area contributed by atoms with E-state index in [0.717, 1.165) is 16.9 Å². The standard InChI is InChI=1S/C17H21ClN4O3S/c1-4-11-10(2)26-16(13(11)17(24)22-5-7-25-8-6-22)20-15(23)14-12(18)9-19-21(14)3/h9H,4-8H2,1-3H3,(H,20,23). The molecule has 0 spiro atoms. The van der Waals surface area contributed by atoms with Crippen LogP contribution in [0.25, 0.3) is 0 Å². The topological polar surface area (TPSA) is 76.5 Å². The van der Waals surface area contributed by atoms with Crippen molar-refractivity contribution in [2.24, 2.45) is 7.05 Å². The number of carbonyl (C=O) groups is 2. The molecule has 0 unspecified atom stereocenters. The van der Waals surface area contributed by atoms with Crippen molar-refractivity contribution in [3.63, 3.8) is 0 Å². The SMILES string of the molecule is CCc1c(C)sc(NC(=O)c2c(Cl)cnn2C)c1C(=O)N1CCOCC1. The first-order chi connectivity index (χ1) is 12.4. The van der Waals surface area contributed by atoms with Gasteiger partial charge in [0.15, 0.2) is 0 Å². The molecule has 0 radical (unpaired) electrons. The number of ether oxygens (including phenoxy) is 1. The Kier molecular flexibility index (Phi) is 5.64. The molecule has 0 aromatic carbocycles. The highest BCUT2D eigenvalue weighted by molar-refractivity contribution is 7.16. The van der Waals surface area contributed by atoms with E-state index in [-0.39, 0.29) is 22.5 Å². The Morgan fingerprint density at radius 3 is 2.65 bits per heavy atom. The zero-order valence-electron chi connectivity index (χ0n) is 15.0. The number of amides is 2. The average Bonchev–Trinajstić information content (AvgIpc) is 3.13. The van der Waals surface area contributed by atoms with Crippen molar-refractivity contribution in [2.75, 3.05) is 31.6 Å². The van der Waals surface area contributed by atoms with E-state index < -0.39 is 0 Å². The van der Waals surface area contributed by atoms with Gasteiger partial charge in [0, 0.05) is 25.0 Å². The predicted molar refractivity (Wildman–Crippen MR) is 101 cm³/mol. The van der Waals surface area contributed by atoms with Gasteiger partial charge in [-0.2, -0.15) is 5.10 Å². The lowest BCUT2D eigenvalue weighted by atomic mass is 10.1. The smallest absolute Gasteiger partial charge is 0.276 e. The molecule has 2 aromatic rings. The second-order valence-corrected chi connectivity index (χ2v) is 7.65. The van der Waals surface area contributed by atoms with Crippen LogP contribution in [0.2, 0.25) is 5.02 Å². The van der Waals surface area contributed by atoms with E-state index in [1.165, 1.54) is 22.2 Å². The van der Waals surface area contributed by atoms with E-state index in [9.17, 15) is 9.59 Å². The Labute approximate surface area is 160 Å². The largest absolute Gasteiger partial charge is 0.378 e. The molecule has 1 aliphatic rings. The Hall–Kier alpha value is -1.90. The van der Waals surface area contributed by atoms with Crippen LogP contribution in [0.15, 0.2) is 6.20 Å². The maximum atomic E-state index is 13.1. The number of nitrogens with zero attached hydrogens (tertiary/aromatic N) is 3. The maximum Gasteiger partial charge on any atom is 0.276 e. The number of nitrogens with one attached hydrogen (secondary N) is 1. The lowest BCUT2D eigenvalue weighted by molar-refractivity contribution is 0.0303. The molecule has 0 saturated carbocycles. The van der Waals surface area contributed by atoms with Gasteiger partial charge >= 0.3 is 0 Å². The van der Waals surface area contributed by atoms with Gasteiger partial charge in [-0.15, -0.1) is 11.3 Å². The minimum atomic E-state index is -0.380. The number of aromatic nitrogens is 2. The molecule has 2 amide bonds. The molecule has 2 aromatic heterocycles. The van der Waals surface area contributed by atoms with Gasteiger partial charge in [0.25, 0.3) is 11.8 Å². The molecule has 0 atom stereocenters. The third-order valence-corrected chi connectivity index (χ3v) is 5.75. The van der Waals surface area contributed by atoms with Gasteiger partial charge in [-0.1, -0.05) is 18.5 Å². The lowest BCUT2D eigenvalue weighted by Crippen LogP contribution is -2.41. The minimum Gasteiger partial charge on any atom is -0.378 e. The Bertz CT molecular complexity index is 820. The third kappa shape index (κ3) is 3.49. The van der Waals surface area contributed by atoms with Crippen LogP contribution >= 0.6 is 22.9 Å². The average molecular weight is 397 g/mol. The fraction of sp³-hybridized carbons (Fsp3) is 0.471. The Balaban J connectivity index is 1.94. The number of hydrogen-bond donors (Lipinski definition) is 1. The lowest BCUT2D eigenvalue weighted by Gasteiger charge is -2.27. The van der Waals surface area contributed by atoms with Crippen molar-refractivity contribution in [1.82, 2.24) is 14.7 Å². The van der Waals surface area contributed by atoms with Crippen molar-refractivity contribution >= 4 is 39.8 Å². The molecule has 0 aliphatic carbocycles. The van der Waals surface area contributed by atoms with Gasteiger partial charge in [-0.05, 0) is 18.9 Å². The van der Waals surface area contributed by atoms with Crippen LogP contribution in [-0.2, 0) is 18.2 Å². The summed E-state index contributed by atoms with van der Waals surface area (Å²) >= 11 is 7.48. The van der Waals surface area contributed by atoms with E-state index in [0.29, 0.717) is 36.9 Å². The fourth-order valence-corrected chi connectivity index (χ4v) is 4.46. The van der Waals surface area contributed by atoms with Crippen LogP contribution in [0.3, 0.4) is 0 Å². The highest BCUT2D eigenvalue weighted by Gasteiger charge is 2.28. The maximum absolute atomic E-state index is 13.1. The van der Waals surface area contributed by atoms with Gasteiger partial charge in [0.05, 0.1) is 30.0 Å². The van der Waals surface area contributed by atoms with Crippen LogP contribution < -0.4 is 5.32 Å². The van der Waals surface area contributed by atoms with Gasteiger partial charge in [0.2, 0.25) is 0 Å². The molecule has 0 bridgehead atoms. The summed E-state index contributed by atoms with van der Waals surface area (Å²) in [5.74, 6) is -0.448. The molecule has 3 heterocycles. The van der Waals surface area contributed by atoms with Crippen molar-refractivity contribution in [3.05, 3.63) is 32.9 Å². The van der Waals surface area contributed by atoms with Crippen LogP contribution in [0, 0.1) is 6.92 Å². The molecule has 1 N–H and O–H groups in total. The van der Waals surface area contributed by atoms with Crippen molar-refractivity contribution in [1.29, 1.82) is 0 Å². The molecule has 1 fully saturated rings. The first-order valence-electron chi connectivity index (χ1n) is 8.42. The normalized spacial score (nSPS) is 14.5. The summed E-state index contributed by atoms with van der Waals surface area (Å²) in [6.07, 6.45) is 2.14. The molecule has 1 aliphatic heterocycles. The molecular formula is C17H21ClN4O3S. The number of aryl methyl sites for hydroxylation is 2. The summed E-state index contributed by atoms with van der Waals surface area (Å²) in [5.41, 5.74) is 1.81. The summed E-state index contributed by atoms with van der Waals surface area (Å²) < 4.78 is 6.75. The number of halogens is 1. The van der Waals surface area contributed by atoms with E-state index >= 15 is 0 Å². The second kappa shape index (κ2) is 7.77. The molecular weight excluding hydrogens is 376 g/mol. The van der Waals surface area contributed by atoms with Crippen molar-refractivity contribution in [3.8, 4) is 0 Å². The van der Waals surface area contributed by atoms with E-state index in [2.05, 4.69) is 10.4 Å². The highest BCUT2D eigenvalue weighted by Crippen LogP contribution is 2.35. The highest BCUT2D eigenvalue weighted by atomic mass is 35.5. The van der Waals surface area contributed by atoms with Gasteiger partial charge in [-0.25, -0.2) is 0 Å². The number of morpholine rings is 1. The van der Waals surface area contributed by atoms with Crippen LogP contribution in [0.1, 0.15) is 38.2 Å². The van der Waals surface area contributed by atoms with Crippen LogP contribution in [0.4, 0.5) is 5.00 Å². The number of anilines is 1. The summed E-state index contributed by atoms with van der Waals surface area (Å²) in [7, 11) is 1.65. The van der Waals surface area contributed by atoms with Crippen LogP contribution in [0.5, 0.6) is 0 Å². The molecule has 3 rings (SSSR count). The summed E-state index contributed by atoms with van der Waals surface area (Å²) in [6.45, 7) is 6.14. The zero-order chi connectivity index (χ0) is 18.8.